The summed E-state index contributed by atoms with van der Waals surface area (Å²) in [4.78, 5) is 12.0. The molecule has 98 valence electrons. The van der Waals surface area contributed by atoms with Crippen molar-refractivity contribution in [2.24, 2.45) is 0 Å². The first-order valence-electron chi connectivity index (χ1n) is 6.31. The molecule has 2 N–H and O–H groups in total. The van der Waals surface area contributed by atoms with Crippen molar-refractivity contribution in [3.63, 3.8) is 0 Å². The summed E-state index contributed by atoms with van der Waals surface area (Å²) in [6.07, 6.45) is 2.64. The van der Waals surface area contributed by atoms with Crippen LogP contribution in [-0.2, 0) is 0 Å². The molecule has 0 atom stereocenters. The molecule has 0 heterocycles. The first kappa shape index (κ1) is 13.0. The molecule has 1 saturated carbocycles. The van der Waals surface area contributed by atoms with E-state index in [1.807, 2.05) is 6.92 Å². The second-order valence-corrected chi connectivity index (χ2v) is 4.96. The number of amides is 1. The van der Waals surface area contributed by atoms with Crippen molar-refractivity contribution in [2.45, 2.75) is 44.8 Å². The third kappa shape index (κ3) is 3.07. The Bertz CT molecular complexity index is 439. The van der Waals surface area contributed by atoms with Crippen molar-refractivity contribution in [3.05, 3.63) is 35.1 Å². The molecule has 0 radical (unpaired) electrons. The van der Waals surface area contributed by atoms with Crippen LogP contribution in [0, 0.1) is 12.7 Å². The number of hydrogen-bond donors (Lipinski definition) is 2. The van der Waals surface area contributed by atoms with Crippen LogP contribution >= 0.6 is 0 Å². The molecule has 3 nitrogen and oxygen atoms in total. The van der Waals surface area contributed by atoms with Gasteiger partial charge in [-0.05, 0) is 44.7 Å². The minimum atomic E-state index is -0.492. The second-order valence-electron chi connectivity index (χ2n) is 4.96. The third-order valence-electron chi connectivity index (χ3n) is 3.40. The van der Waals surface area contributed by atoms with Crippen molar-refractivity contribution in [1.82, 2.24) is 5.32 Å². The average Bonchev–Trinajstić information content (AvgIpc) is 2.35. The zero-order valence-electron chi connectivity index (χ0n) is 10.4. The van der Waals surface area contributed by atoms with Crippen LogP contribution in [-0.4, -0.2) is 23.2 Å². The molecule has 1 fully saturated rings. The van der Waals surface area contributed by atoms with E-state index >= 15 is 0 Å². The summed E-state index contributed by atoms with van der Waals surface area (Å²) in [6.45, 7) is 1.83. The highest BCUT2D eigenvalue weighted by Crippen LogP contribution is 2.19. The second kappa shape index (κ2) is 5.48. The van der Waals surface area contributed by atoms with Crippen molar-refractivity contribution in [3.8, 4) is 0 Å². The number of aliphatic hydroxyl groups excluding tert-OH is 1. The van der Waals surface area contributed by atoms with E-state index in [-0.39, 0.29) is 23.6 Å². The van der Waals surface area contributed by atoms with Gasteiger partial charge in [0.05, 0.1) is 11.7 Å². The number of carbonyl (C=O) groups excluding carboxylic acids is 1. The van der Waals surface area contributed by atoms with Gasteiger partial charge in [-0.1, -0.05) is 11.6 Å². The maximum Gasteiger partial charge on any atom is 0.254 e. The van der Waals surface area contributed by atoms with Gasteiger partial charge >= 0.3 is 0 Å². The van der Waals surface area contributed by atoms with Crippen molar-refractivity contribution in [2.75, 3.05) is 0 Å². The fraction of sp³-hybridized carbons (Fsp3) is 0.500. The number of halogens is 1. The summed E-state index contributed by atoms with van der Waals surface area (Å²) >= 11 is 0. The predicted octanol–water partition coefficient (Wildman–Crippen LogP) is 2.17. The summed E-state index contributed by atoms with van der Waals surface area (Å²) in [5, 5.41) is 12.2. The highest BCUT2D eigenvalue weighted by molar-refractivity contribution is 5.94. The van der Waals surface area contributed by atoms with Gasteiger partial charge in [0.2, 0.25) is 0 Å². The van der Waals surface area contributed by atoms with Crippen molar-refractivity contribution < 1.29 is 14.3 Å². The smallest absolute Gasteiger partial charge is 0.254 e. The minimum absolute atomic E-state index is 0.0424. The molecule has 1 aromatic carbocycles. The molecule has 0 aromatic heterocycles. The molecule has 1 amide bonds. The number of aryl methyl sites for hydroxylation is 1. The molecule has 0 unspecified atom stereocenters. The molecule has 1 aliphatic carbocycles. The van der Waals surface area contributed by atoms with Crippen LogP contribution in [0.25, 0.3) is 0 Å². The Labute approximate surface area is 106 Å². The minimum Gasteiger partial charge on any atom is -0.393 e. The van der Waals surface area contributed by atoms with E-state index in [0.717, 1.165) is 18.4 Å². The van der Waals surface area contributed by atoms with Gasteiger partial charge in [-0.15, -0.1) is 0 Å². The first-order valence-corrected chi connectivity index (χ1v) is 6.31. The monoisotopic (exact) mass is 251 g/mol. The maximum absolute atomic E-state index is 13.5. The fourth-order valence-corrected chi connectivity index (χ4v) is 2.30. The van der Waals surface area contributed by atoms with Crippen LogP contribution in [0.3, 0.4) is 0 Å². The van der Waals surface area contributed by atoms with Gasteiger partial charge in [0.15, 0.2) is 0 Å². The quantitative estimate of drug-likeness (QED) is 0.846. The van der Waals surface area contributed by atoms with E-state index in [1.165, 1.54) is 6.07 Å². The summed E-state index contributed by atoms with van der Waals surface area (Å²) in [6, 6.07) is 4.56. The first-order chi connectivity index (χ1) is 8.56. The fourth-order valence-electron chi connectivity index (χ4n) is 2.30. The Morgan fingerprint density at radius 1 is 1.33 bits per heavy atom. The Hall–Kier alpha value is -1.42. The molecule has 4 heteroatoms. The van der Waals surface area contributed by atoms with Gasteiger partial charge in [0.1, 0.15) is 5.82 Å². The molecular formula is C14H18FNO2. The molecule has 1 aromatic rings. The van der Waals surface area contributed by atoms with Crippen LogP contribution in [0.4, 0.5) is 4.39 Å². The van der Waals surface area contributed by atoms with Crippen LogP contribution in [0.5, 0.6) is 0 Å². The lowest BCUT2D eigenvalue weighted by atomic mass is 9.93. The van der Waals surface area contributed by atoms with Gasteiger partial charge in [-0.3, -0.25) is 4.79 Å². The third-order valence-corrected chi connectivity index (χ3v) is 3.40. The Kier molecular flexibility index (Phi) is 3.97. The molecular weight excluding hydrogens is 233 g/mol. The topological polar surface area (TPSA) is 49.3 Å². The van der Waals surface area contributed by atoms with E-state index in [9.17, 15) is 14.3 Å². The number of rotatable bonds is 2. The highest BCUT2D eigenvalue weighted by Gasteiger charge is 2.22. The molecule has 0 spiro atoms. The molecule has 1 aliphatic rings. The van der Waals surface area contributed by atoms with Crippen molar-refractivity contribution in [1.29, 1.82) is 0 Å². The normalized spacial score (nSPS) is 23.7. The zero-order valence-corrected chi connectivity index (χ0v) is 10.4. The molecule has 0 aliphatic heterocycles. The van der Waals surface area contributed by atoms with Crippen LogP contribution in [0.2, 0.25) is 0 Å². The van der Waals surface area contributed by atoms with Crippen molar-refractivity contribution >= 4 is 5.91 Å². The Morgan fingerprint density at radius 3 is 2.67 bits per heavy atom. The Morgan fingerprint density at radius 2 is 2.00 bits per heavy atom. The predicted molar refractivity (Wildman–Crippen MR) is 66.9 cm³/mol. The molecule has 0 saturated heterocycles. The Balaban J connectivity index is 2.01. The lowest BCUT2D eigenvalue weighted by molar-refractivity contribution is 0.0864. The van der Waals surface area contributed by atoms with Crippen LogP contribution < -0.4 is 5.32 Å². The van der Waals surface area contributed by atoms with E-state index in [2.05, 4.69) is 5.32 Å². The lowest BCUT2D eigenvalue weighted by Gasteiger charge is -2.26. The van der Waals surface area contributed by atoms with E-state index in [4.69, 9.17) is 0 Å². The number of aliphatic hydroxyl groups is 1. The maximum atomic E-state index is 13.5. The molecule has 0 bridgehead atoms. The van der Waals surface area contributed by atoms with Gasteiger partial charge in [0.25, 0.3) is 5.91 Å². The molecule has 18 heavy (non-hydrogen) atoms. The summed E-state index contributed by atoms with van der Waals surface area (Å²) in [5.74, 6) is -0.855. The lowest BCUT2D eigenvalue weighted by Crippen LogP contribution is -2.38. The van der Waals surface area contributed by atoms with Gasteiger partial charge in [-0.2, -0.15) is 0 Å². The summed E-state index contributed by atoms with van der Waals surface area (Å²) in [5.41, 5.74) is 0.960. The van der Waals surface area contributed by atoms with E-state index in [1.54, 1.807) is 12.1 Å². The molecule has 2 rings (SSSR count). The number of hydrogen-bond acceptors (Lipinski definition) is 2. The average molecular weight is 251 g/mol. The number of carbonyl (C=O) groups is 1. The standard InChI is InChI=1S/C14H18FNO2/c1-9-2-7-13(15)12(8-9)14(18)16-10-3-5-11(17)6-4-10/h2,7-8,10-11,17H,3-6H2,1H3,(H,16,18). The van der Waals surface area contributed by atoms with E-state index < -0.39 is 5.82 Å². The highest BCUT2D eigenvalue weighted by atomic mass is 19.1. The summed E-state index contributed by atoms with van der Waals surface area (Å²) in [7, 11) is 0. The number of benzene rings is 1. The van der Waals surface area contributed by atoms with Gasteiger partial charge in [-0.25, -0.2) is 4.39 Å². The summed E-state index contributed by atoms with van der Waals surface area (Å²) < 4.78 is 13.5. The largest absolute Gasteiger partial charge is 0.393 e. The van der Waals surface area contributed by atoms with Crippen LogP contribution in [0.15, 0.2) is 18.2 Å². The number of nitrogens with one attached hydrogen (secondary N) is 1. The SMILES string of the molecule is Cc1ccc(F)c(C(=O)NC2CCC(O)CC2)c1. The zero-order chi connectivity index (χ0) is 13.1. The van der Waals surface area contributed by atoms with Gasteiger partial charge in [0, 0.05) is 6.04 Å². The van der Waals surface area contributed by atoms with E-state index in [0.29, 0.717) is 12.8 Å². The van der Waals surface area contributed by atoms with Gasteiger partial charge < -0.3 is 10.4 Å². The van der Waals surface area contributed by atoms with Crippen LogP contribution in [0.1, 0.15) is 41.6 Å².